The van der Waals surface area contributed by atoms with Crippen molar-refractivity contribution in [3.8, 4) is 22.3 Å². The molecule has 0 aliphatic heterocycles. The Labute approximate surface area is 189 Å². The SMILES string of the molecule is [Fe+2].[Fe+2].c1cc(-[c-]2cccc2)cc(-[c-]2cccc2)c1.c1cc[cH-]c1.c1cc[cH-]c1. The third kappa shape index (κ3) is 7.72. The molecule has 142 valence electrons. The number of hydrogen-bond donors (Lipinski definition) is 0. The summed E-state index contributed by atoms with van der Waals surface area (Å²) in [6.07, 6.45) is 0. The second-order valence-corrected chi connectivity index (χ2v) is 5.85. The van der Waals surface area contributed by atoms with Crippen molar-refractivity contribution in [2.24, 2.45) is 0 Å². The van der Waals surface area contributed by atoms with Gasteiger partial charge in [0, 0.05) is 0 Å². The predicted molar refractivity (Wildman–Crippen MR) is 113 cm³/mol. The topological polar surface area (TPSA) is 0 Å². The number of benzene rings is 1. The standard InChI is InChI=1S/C16H12.2C5H5.2Fe/c1-2-7-13(6-1)15-10-5-11-16(12-15)14-8-3-4-9-14;2*1-2-4-5-3-1;;/h1-12H;2*1-5H;;/q-2;2*-1;2*+2. The second kappa shape index (κ2) is 13.8. The predicted octanol–water partition coefficient (Wildman–Crippen LogP) is 7.26. The van der Waals surface area contributed by atoms with E-state index < -0.39 is 0 Å². The van der Waals surface area contributed by atoms with E-state index in [1.807, 2.05) is 60.7 Å². The van der Waals surface area contributed by atoms with Crippen LogP contribution < -0.4 is 0 Å². The van der Waals surface area contributed by atoms with E-state index in [2.05, 4.69) is 72.8 Å². The fourth-order valence-corrected chi connectivity index (χ4v) is 2.65. The van der Waals surface area contributed by atoms with Crippen molar-refractivity contribution in [3.05, 3.63) is 133 Å². The van der Waals surface area contributed by atoms with Crippen LogP contribution >= 0.6 is 0 Å². The zero-order valence-corrected chi connectivity index (χ0v) is 17.6. The van der Waals surface area contributed by atoms with Gasteiger partial charge in [0.1, 0.15) is 0 Å². The Morgan fingerprint density at radius 1 is 0.464 bits per heavy atom. The van der Waals surface area contributed by atoms with E-state index in [1.165, 1.54) is 22.3 Å². The van der Waals surface area contributed by atoms with E-state index in [1.54, 1.807) is 0 Å². The fourth-order valence-electron chi connectivity index (χ4n) is 2.65. The maximum atomic E-state index is 2.24. The smallest absolute Gasteiger partial charge is 0.214 e. The largest absolute Gasteiger partial charge is 2.00 e. The molecule has 28 heavy (non-hydrogen) atoms. The van der Waals surface area contributed by atoms with Gasteiger partial charge in [0.15, 0.2) is 0 Å². The van der Waals surface area contributed by atoms with E-state index in [4.69, 9.17) is 0 Å². The first kappa shape index (κ1) is 23.7. The molecule has 0 radical (unpaired) electrons. The summed E-state index contributed by atoms with van der Waals surface area (Å²) in [7, 11) is 0. The van der Waals surface area contributed by atoms with Crippen molar-refractivity contribution < 1.29 is 34.1 Å². The molecule has 0 bridgehead atoms. The summed E-state index contributed by atoms with van der Waals surface area (Å²) in [6.45, 7) is 0. The summed E-state index contributed by atoms with van der Waals surface area (Å²) in [5, 5.41) is 0. The van der Waals surface area contributed by atoms with Gasteiger partial charge in [0.25, 0.3) is 0 Å². The molecule has 0 amide bonds. The molecular weight excluding hydrogens is 424 g/mol. The molecule has 0 nitrogen and oxygen atoms in total. The molecule has 5 aromatic carbocycles. The van der Waals surface area contributed by atoms with E-state index in [-0.39, 0.29) is 34.1 Å². The summed E-state index contributed by atoms with van der Waals surface area (Å²) in [5.74, 6) is 0. The van der Waals surface area contributed by atoms with Crippen LogP contribution in [0.1, 0.15) is 0 Å². The van der Waals surface area contributed by atoms with Crippen LogP contribution in [0.3, 0.4) is 0 Å². The van der Waals surface area contributed by atoms with Crippen LogP contribution in [0.25, 0.3) is 22.3 Å². The Kier molecular flexibility index (Phi) is 11.7. The summed E-state index contributed by atoms with van der Waals surface area (Å²) >= 11 is 0. The van der Waals surface area contributed by atoms with Crippen molar-refractivity contribution in [1.29, 1.82) is 0 Å². The van der Waals surface area contributed by atoms with E-state index in [0.717, 1.165) is 0 Å². The van der Waals surface area contributed by atoms with Gasteiger partial charge in [-0.1, -0.05) is 11.1 Å². The van der Waals surface area contributed by atoms with Crippen LogP contribution in [0.5, 0.6) is 0 Å². The van der Waals surface area contributed by atoms with Gasteiger partial charge in [0.05, 0.1) is 0 Å². The van der Waals surface area contributed by atoms with Crippen LogP contribution in [-0.2, 0) is 34.1 Å². The summed E-state index contributed by atoms with van der Waals surface area (Å²) in [6, 6.07) is 45.5. The van der Waals surface area contributed by atoms with Gasteiger partial charge in [-0.15, -0.1) is 59.7 Å². The first-order chi connectivity index (χ1) is 12.9. The molecule has 0 saturated carbocycles. The quantitative estimate of drug-likeness (QED) is 0.198. The van der Waals surface area contributed by atoms with Gasteiger partial charge < -0.3 is 0 Å². The van der Waals surface area contributed by atoms with Gasteiger partial charge in [-0.2, -0.15) is 60.7 Å². The van der Waals surface area contributed by atoms with E-state index in [0.29, 0.717) is 0 Å². The molecule has 0 heterocycles. The van der Waals surface area contributed by atoms with Crippen molar-refractivity contribution >= 4 is 0 Å². The van der Waals surface area contributed by atoms with Gasteiger partial charge in [-0.05, 0) is 0 Å². The zero-order valence-electron chi connectivity index (χ0n) is 15.4. The molecule has 0 aromatic heterocycles. The molecule has 0 aliphatic rings. The minimum Gasteiger partial charge on any atom is -0.214 e. The first-order valence-corrected chi connectivity index (χ1v) is 8.81. The Bertz CT molecular complexity index is 800. The normalized spacial score (nSPS) is 8.86. The minimum absolute atomic E-state index is 0. The molecule has 2 heteroatoms. The molecule has 0 unspecified atom stereocenters. The third-order valence-corrected chi connectivity index (χ3v) is 3.97. The summed E-state index contributed by atoms with van der Waals surface area (Å²) in [5.41, 5.74) is 5.13. The van der Waals surface area contributed by atoms with Gasteiger partial charge in [-0.3, -0.25) is 0 Å². The van der Waals surface area contributed by atoms with Gasteiger partial charge in [0.2, 0.25) is 0 Å². The zero-order chi connectivity index (χ0) is 17.9. The van der Waals surface area contributed by atoms with Crippen LogP contribution in [0.4, 0.5) is 0 Å². The van der Waals surface area contributed by atoms with Crippen LogP contribution in [0.15, 0.2) is 133 Å². The average Bonchev–Trinajstić information content (AvgIpc) is 3.50. The molecule has 0 spiro atoms. The van der Waals surface area contributed by atoms with E-state index >= 15 is 0 Å². The van der Waals surface area contributed by atoms with Crippen molar-refractivity contribution in [2.45, 2.75) is 0 Å². The molecule has 0 N–H and O–H groups in total. The van der Waals surface area contributed by atoms with Gasteiger partial charge in [-0.25, -0.2) is 24.3 Å². The molecule has 0 aliphatic carbocycles. The van der Waals surface area contributed by atoms with E-state index in [9.17, 15) is 0 Å². The van der Waals surface area contributed by atoms with Crippen LogP contribution in [0, 0.1) is 0 Å². The maximum absolute atomic E-state index is 2.24. The summed E-state index contributed by atoms with van der Waals surface area (Å²) in [4.78, 5) is 0. The van der Waals surface area contributed by atoms with Crippen LogP contribution in [-0.4, -0.2) is 0 Å². The third-order valence-electron chi connectivity index (χ3n) is 3.97. The maximum Gasteiger partial charge on any atom is 2.00 e. The Hall–Kier alpha value is -2.34. The minimum atomic E-state index is 0. The van der Waals surface area contributed by atoms with Crippen molar-refractivity contribution in [1.82, 2.24) is 0 Å². The number of rotatable bonds is 2. The monoisotopic (exact) mass is 446 g/mol. The molecular formula is C26H22Fe2. The molecule has 0 fully saturated rings. The Morgan fingerprint density at radius 2 is 0.821 bits per heavy atom. The molecule has 5 aromatic rings. The van der Waals surface area contributed by atoms with Gasteiger partial charge >= 0.3 is 34.1 Å². The Balaban J connectivity index is 0.000000271. The fraction of sp³-hybridized carbons (Fsp3) is 0. The average molecular weight is 446 g/mol. The van der Waals surface area contributed by atoms with Crippen molar-refractivity contribution in [2.75, 3.05) is 0 Å². The van der Waals surface area contributed by atoms with Crippen LogP contribution in [0.2, 0.25) is 0 Å². The summed E-state index contributed by atoms with van der Waals surface area (Å²) < 4.78 is 0. The Morgan fingerprint density at radius 3 is 1.11 bits per heavy atom. The second-order valence-electron chi connectivity index (χ2n) is 5.85. The number of hydrogen-bond acceptors (Lipinski definition) is 0. The molecule has 5 rings (SSSR count). The first-order valence-electron chi connectivity index (χ1n) is 8.81. The molecule has 0 atom stereocenters. The molecule has 0 saturated heterocycles. The van der Waals surface area contributed by atoms with Crippen molar-refractivity contribution in [3.63, 3.8) is 0 Å².